The van der Waals surface area contributed by atoms with E-state index in [4.69, 9.17) is 0 Å². The van der Waals surface area contributed by atoms with Gasteiger partial charge in [-0.3, -0.25) is 0 Å². The van der Waals surface area contributed by atoms with Crippen molar-refractivity contribution < 1.29 is 0 Å². The minimum absolute atomic E-state index is 1.25. The van der Waals surface area contributed by atoms with Crippen molar-refractivity contribution in [2.75, 3.05) is 0 Å². The minimum Gasteiger partial charge on any atom is -0.0874 e. The molecule has 0 nitrogen and oxygen atoms in total. The number of allylic oxidation sites excluding steroid dienone is 6. The van der Waals surface area contributed by atoms with Gasteiger partial charge in [0.25, 0.3) is 0 Å². The molecule has 2 aromatic rings. The van der Waals surface area contributed by atoms with Crippen LogP contribution in [0, 0.1) is 6.92 Å². The molecule has 0 N–H and O–H groups in total. The lowest BCUT2D eigenvalue weighted by Gasteiger charge is -2.07. The molecule has 2 rings (SSSR count). The van der Waals surface area contributed by atoms with Gasteiger partial charge >= 0.3 is 0 Å². The molecule has 0 aliphatic heterocycles. The van der Waals surface area contributed by atoms with Crippen LogP contribution in [0.3, 0.4) is 0 Å². The van der Waals surface area contributed by atoms with E-state index in [0.717, 1.165) is 0 Å². The average Bonchev–Trinajstić information content (AvgIpc) is 2.54. The zero-order valence-electron chi connectivity index (χ0n) is 13.9. The van der Waals surface area contributed by atoms with Crippen LogP contribution in [0.4, 0.5) is 0 Å². The van der Waals surface area contributed by atoms with Gasteiger partial charge in [-0.25, -0.2) is 0 Å². The predicted octanol–water partition coefficient (Wildman–Crippen LogP) is 6.59. The van der Waals surface area contributed by atoms with E-state index in [1.807, 2.05) is 6.92 Å². The molecule has 0 unspecified atom stereocenters. The molecule has 0 fully saturated rings. The highest BCUT2D eigenvalue weighted by Gasteiger charge is 2.01. The summed E-state index contributed by atoms with van der Waals surface area (Å²) in [5, 5.41) is 0. The quantitative estimate of drug-likeness (QED) is 0.557. The summed E-state index contributed by atoms with van der Waals surface area (Å²) in [6.45, 7) is 8.38. The first-order valence-electron chi connectivity index (χ1n) is 7.79. The smallest absolute Gasteiger partial charge is 0.0184 e. The second kappa shape index (κ2) is 7.61. The minimum atomic E-state index is 1.25. The van der Waals surface area contributed by atoms with E-state index in [2.05, 4.69) is 93.6 Å². The van der Waals surface area contributed by atoms with E-state index in [0.29, 0.717) is 0 Å². The Labute approximate surface area is 134 Å². The molecular formula is C22H24. The van der Waals surface area contributed by atoms with Crippen LogP contribution < -0.4 is 0 Å². The third kappa shape index (κ3) is 4.08. The monoisotopic (exact) mass is 288 g/mol. The molecule has 0 aromatic heterocycles. The maximum atomic E-state index is 2.22. The van der Waals surface area contributed by atoms with Crippen LogP contribution in [0.25, 0.3) is 16.7 Å². The standard InChI is InChI=1S/C22H24/c1-5-7-18(4)16-19(6-2)20-12-14-22(15-13-20)21-10-8-17(3)9-11-21/h5-16H,1-4H3. The van der Waals surface area contributed by atoms with Crippen molar-refractivity contribution in [1.82, 2.24) is 0 Å². The normalized spacial score (nSPS) is 12.9. The van der Waals surface area contributed by atoms with E-state index < -0.39 is 0 Å². The summed E-state index contributed by atoms with van der Waals surface area (Å²) in [5.74, 6) is 0. The van der Waals surface area contributed by atoms with E-state index in [1.165, 1.54) is 33.4 Å². The fourth-order valence-corrected chi connectivity index (χ4v) is 2.49. The highest BCUT2D eigenvalue weighted by Crippen LogP contribution is 2.24. The first-order valence-corrected chi connectivity index (χ1v) is 7.79. The van der Waals surface area contributed by atoms with E-state index in [1.54, 1.807) is 0 Å². The van der Waals surface area contributed by atoms with Gasteiger partial charge in [0.05, 0.1) is 0 Å². The molecule has 0 saturated heterocycles. The molecule has 0 bridgehead atoms. The summed E-state index contributed by atoms with van der Waals surface area (Å²) in [6, 6.07) is 17.5. The molecule has 0 aliphatic carbocycles. The highest BCUT2D eigenvalue weighted by molar-refractivity contribution is 5.76. The Morgan fingerprint density at radius 3 is 1.86 bits per heavy atom. The van der Waals surface area contributed by atoms with Crippen molar-refractivity contribution >= 4 is 5.57 Å². The van der Waals surface area contributed by atoms with Gasteiger partial charge in [0.2, 0.25) is 0 Å². The van der Waals surface area contributed by atoms with Crippen LogP contribution in [-0.2, 0) is 0 Å². The molecule has 0 heteroatoms. The van der Waals surface area contributed by atoms with E-state index in [9.17, 15) is 0 Å². The molecule has 112 valence electrons. The Hall–Kier alpha value is -2.34. The van der Waals surface area contributed by atoms with Crippen LogP contribution in [0.1, 0.15) is 31.9 Å². The number of benzene rings is 2. The molecule has 0 heterocycles. The van der Waals surface area contributed by atoms with E-state index >= 15 is 0 Å². The summed E-state index contributed by atoms with van der Waals surface area (Å²) < 4.78 is 0. The van der Waals surface area contributed by atoms with E-state index in [-0.39, 0.29) is 0 Å². The van der Waals surface area contributed by atoms with Crippen molar-refractivity contribution in [3.05, 3.63) is 89.5 Å². The SMILES string of the molecule is CC=CC(C)=CC(=CC)c1ccc(-c2ccc(C)cc2)cc1. The van der Waals surface area contributed by atoms with Crippen molar-refractivity contribution in [2.45, 2.75) is 27.7 Å². The summed E-state index contributed by atoms with van der Waals surface area (Å²) in [7, 11) is 0. The van der Waals surface area contributed by atoms with Crippen LogP contribution in [0.5, 0.6) is 0 Å². The second-order valence-electron chi connectivity index (χ2n) is 5.58. The number of hydrogen-bond acceptors (Lipinski definition) is 0. The molecule has 22 heavy (non-hydrogen) atoms. The molecule has 0 aliphatic rings. The van der Waals surface area contributed by atoms with Crippen LogP contribution in [0.15, 0.2) is 78.4 Å². The summed E-state index contributed by atoms with van der Waals surface area (Å²) in [4.78, 5) is 0. The van der Waals surface area contributed by atoms with Gasteiger partial charge in [-0.2, -0.15) is 0 Å². The third-order valence-corrected chi connectivity index (χ3v) is 3.73. The largest absolute Gasteiger partial charge is 0.0874 e. The Bertz CT molecular complexity index is 693. The molecule has 0 saturated carbocycles. The van der Waals surface area contributed by atoms with Crippen molar-refractivity contribution in [2.24, 2.45) is 0 Å². The van der Waals surface area contributed by atoms with Gasteiger partial charge < -0.3 is 0 Å². The Morgan fingerprint density at radius 1 is 0.818 bits per heavy atom. The molecule has 0 atom stereocenters. The predicted molar refractivity (Wildman–Crippen MR) is 98.8 cm³/mol. The fourth-order valence-electron chi connectivity index (χ4n) is 2.49. The zero-order chi connectivity index (χ0) is 15.9. The molecule has 0 radical (unpaired) electrons. The van der Waals surface area contributed by atoms with Crippen LogP contribution >= 0.6 is 0 Å². The molecule has 0 amide bonds. The zero-order valence-corrected chi connectivity index (χ0v) is 13.9. The highest BCUT2D eigenvalue weighted by atomic mass is 14.1. The Morgan fingerprint density at radius 2 is 1.36 bits per heavy atom. The number of hydrogen-bond donors (Lipinski definition) is 0. The lowest BCUT2D eigenvalue weighted by atomic mass is 9.98. The molecular weight excluding hydrogens is 264 g/mol. The summed E-state index contributed by atoms with van der Waals surface area (Å²) in [5.41, 5.74) is 7.58. The van der Waals surface area contributed by atoms with Crippen molar-refractivity contribution in [1.29, 1.82) is 0 Å². The summed E-state index contributed by atoms with van der Waals surface area (Å²) >= 11 is 0. The number of rotatable bonds is 4. The second-order valence-corrected chi connectivity index (χ2v) is 5.58. The van der Waals surface area contributed by atoms with Gasteiger partial charge in [-0.1, -0.05) is 84.0 Å². The topological polar surface area (TPSA) is 0 Å². The van der Waals surface area contributed by atoms with Crippen molar-refractivity contribution in [3.8, 4) is 11.1 Å². The first-order chi connectivity index (χ1) is 10.6. The lowest BCUT2D eigenvalue weighted by molar-refractivity contribution is 1.46. The van der Waals surface area contributed by atoms with Gasteiger partial charge in [-0.05, 0) is 50.0 Å². The maximum absolute atomic E-state index is 2.22. The lowest BCUT2D eigenvalue weighted by Crippen LogP contribution is -1.84. The molecule has 0 spiro atoms. The van der Waals surface area contributed by atoms with Crippen LogP contribution in [0.2, 0.25) is 0 Å². The maximum Gasteiger partial charge on any atom is -0.0184 e. The Kier molecular flexibility index (Phi) is 5.55. The van der Waals surface area contributed by atoms with Crippen molar-refractivity contribution in [3.63, 3.8) is 0 Å². The van der Waals surface area contributed by atoms with Crippen LogP contribution in [-0.4, -0.2) is 0 Å². The van der Waals surface area contributed by atoms with Gasteiger partial charge in [-0.15, -0.1) is 0 Å². The Balaban J connectivity index is 2.27. The van der Waals surface area contributed by atoms with Gasteiger partial charge in [0.1, 0.15) is 0 Å². The number of aryl methyl sites for hydroxylation is 1. The first kappa shape index (κ1) is 16.0. The third-order valence-electron chi connectivity index (χ3n) is 3.73. The average molecular weight is 288 g/mol. The van der Waals surface area contributed by atoms with Gasteiger partial charge in [0, 0.05) is 0 Å². The molecule has 2 aromatic carbocycles. The van der Waals surface area contributed by atoms with Gasteiger partial charge in [0.15, 0.2) is 0 Å². The summed E-state index contributed by atoms with van der Waals surface area (Å²) in [6.07, 6.45) is 8.58. The fraction of sp³-hybridized carbons (Fsp3) is 0.182.